The van der Waals surface area contributed by atoms with Crippen LogP contribution in [0, 0.1) is 10.1 Å². The maximum absolute atomic E-state index is 10.7. The van der Waals surface area contributed by atoms with Crippen molar-refractivity contribution in [1.29, 1.82) is 0 Å². The van der Waals surface area contributed by atoms with Gasteiger partial charge < -0.3 is 10.1 Å². The molecule has 2 rings (SSSR count). The third-order valence-electron chi connectivity index (χ3n) is 2.63. The molecule has 1 saturated heterocycles. The first-order chi connectivity index (χ1) is 7.22. The molecule has 0 aliphatic carbocycles. The predicted octanol–water partition coefficient (Wildman–Crippen LogP) is 1.64. The molecule has 1 aromatic carbocycles. The number of hydrogen-bond donors (Lipinski definition) is 1. The van der Waals surface area contributed by atoms with Crippen molar-refractivity contribution in [1.82, 2.24) is 5.32 Å². The summed E-state index contributed by atoms with van der Waals surface area (Å²) in [6, 6.07) is 5.32. The average molecular weight is 208 g/mol. The molecule has 1 heterocycles. The van der Waals surface area contributed by atoms with Gasteiger partial charge in [0.2, 0.25) is 0 Å². The molecule has 15 heavy (non-hydrogen) atoms. The van der Waals surface area contributed by atoms with E-state index in [1.807, 2.05) is 0 Å². The summed E-state index contributed by atoms with van der Waals surface area (Å²) in [5.41, 5.74) is 1.06. The highest BCUT2D eigenvalue weighted by Gasteiger charge is 2.22. The van der Waals surface area contributed by atoms with Crippen LogP contribution in [0.3, 0.4) is 0 Å². The van der Waals surface area contributed by atoms with Gasteiger partial charge in [-0.3, -0.25) is 10.1 Å². The minimum absolute atomic E-state index is 0.0144. The van der Waals surface area contributed by atoms with E-state index in [4.69, 9.17) is 4.74 Å². The minimum Gasteiger partial charge on any atom is -0.490 e. The van der Waals surface area contributed by atoms with Gasteiger partial charge in [0.1, 0.15) is 0 Å². The topological polar surface area (TPSA) is 64.4 Å². The number of nitro groups is 1. The number of hydrogen-bond acceptors (Lipinski definition) is 4. The molecule has 1 fully saturated rings. The molecule has 0 spiro atoms. The van der Waals surface area contributed by atoms with Gasteiger partial charge in [0, 0.05) is 12.1 Å². The molecule has 0 aromatic heterocycles. The molecule has 1 aliphatic rings. The van der Waals surface area contributed by atoms with Gasteiger partial charge in [-0.25, -0.2) is 0 Å². The van der Waals surface area contributed by atoms with Crippen molar-refractivity contribution in [3.05, 3.63) is 33.9 Å². The lowest BCUT2D eigenvalue weighted by Crippen LogP contribution is -2.34. The van der Waals surface area contributed by atoms with Crippen LogP contribution in [-0.4, -0.2) is 18.6 Å². The van der Waals surface area contributed by atoms with Crippen molar-refractivity contribution in [2.24, 2.45) is 0 Å². The molecular weight excluding hydrogens is 196 g/mol. The first-order valence-electron chi connectivity index (χ1n) is 4.78. The number of nitrogens with zero attached hydrogens (tertiary/aromatic N) is 1. The van der Waals surface area contributed by atoms with E-state index >= 15 is 0 Å². The molecule has 0 amide bonds. The number of ether oxygens (including phenoxy) is 1. The van der Waals surface area contributed by atoms with Crippen LogP contribution in [0.1, 0.15) is 18.0 Å². The zero-order chi connectivity index (χ0) is 10.8. The minimum atomic E-state index is -0.434. The average Bonchev–Trinajstić information content (AvgIpc) is 2.14. The van der Waals surface area contributed by atoms with E-state index in [-0.39, 0.29) is 5.69 Å². The van der Waals surface area contributed by atoms with E-state index < -0.39 is 4.92 Å². The maximum Gasteiger partial charge on any atom is 0.310 e. The molecular formula is C10H12N2O3. The molecule has 1 atom stereocenters. The van der Waals surface area contributed by atoms with Crippen LogP contribution < -0.4 is 10.1 Å². The number of rotatable bonds is 3. The van der Waals surface area contributed by atoms with Gasteiger partial charge >= 0.3 is 5.69 Å². The summed E-state index contributed by atoms with van der Waals surface area (Å²) in [6.45, 7) is 1.00. The smallest absolute Gasteiger partial charge is 0.310 e. The highest BCUT2D eigenvalue weighted by molar-refractivity contribution is 5.49. The van der Waals surface area contributed by atoms with Gasteiger partial charge in [-0.15, -0.1) is 0 Å². The second-order valence-electron chi connectivity index (χ2n) is 3.48. The number of methoxy groups -OCH3 is 1. The Bertz CT molecular complexity index is 388. The van der Waals surface area contributed by atoms with Crippen LogP contribution in [0.25, 0.3) is 0 Å². The van der Waals surface area contributed by atoms with Gasteiger partial charge in [0.05, 0.1) is 12.0 Å². The van der Waals surface area contributed by atoms with E-state index in [1.165, 1.54) is 13.2 Å². The highest BCUT2D eigenvalue weighted by Crippen LogP contribution is 2.32. The molecule has 0 radical (unpaired) electrons. The second kappa shape index (κ2) is 3.86. The highest BCUT2D eigenvalue weighted by atomic mass is 16.6. The quantitative estimate of drug-likeness (QED) is 0.605. The van der Waals surface area contributed by atoms with E-state index in [0.717, 1.165) is 18.5 Å². The maximum atomic E-state index is 10.7. The molecule has 1 unspecified atom stereocenters. The number of nitro benzene ring substituents is 1. The molecule has 5 heteroatoms. The van der Waals surface area contributed by atoms with E-state index in [0.29, 0.717) is 11.8 Å². The van der Waals surface area contributed by atoms with Gasteiger partial charge in [-0.05, 0) is 24.6 Å². The summed E-state index contributed by atoms with van der Waals surface area (Å²) >= 11 is 0. The van der Waals surface area contributed by atoms with Crippen molar-refractivity contribution in [3.8, 4) is 5.75 Å². The van der Waals surface area contributed by atoms with Gasteiger partial charge in [0.15, 0.2) is 5.75 Å². The van der Waals surface area contributed by atoms with Crippen molar-refractivity contribution in [2.45, 2.75) is 12.5 Å². The Morgan fingerprint density at radius 3 is 2.80 bits per heavy atom. The first-order valence-corrected chi connectivity index (χ1v) is 4.78. The lowest BCUT2D eigenvalue weighted by atomic mass is 9.97. The predicted molar refractivity (Wildman–Crippen MR) is 55.0 cm³/mol. The molecule has 5 nitrogen and oxygen atoms in total. The second-order valence-corrected chi connectivity index (χ2v) is 3.48. The Morgan fingerprint density at radius 1 is 1.60 bits per heavy atom. The van der Waals surface area contributed by atoms with Gasteiger partial charge in [-0.1, -0.05) is 6.07 Å². The molecule has 80 valence electrons. The molecule has 1 aromatic rings. The van der Waals surface area contributed by atoms with Crippen molar-refractivity contribution in [2.75, 3.05) is 13.7 Å². The lowest BCUT2D eigenvalue weighted by molar-refractivity contribution is -0.385. The Labute approximate surface area is 87.2 Å². The van der Waals surface area contributed by atoms with Crippen LogP contribution in [0.15, 0.2) is 18.2 Å². The van der Waals surface area contributed by atoms with E-state index in [2.05, 4.69) is 5.32 Å². The zero-order valence-electron chi connectivity index (χ0n) is 8.40. The fraction of sp³-hybridized carbons (Fsp3) is 0.400. The normalized spacial score (nSPS) is 19.4. The molecule has 0 saturated carbocycles. The van der Waals surface area contributed by atoms with E-state index in [9.17, 15) is 10.1 Å². The Hall–Kier alpha value is -1.62. The van der Waals surface area contributed by atoms with E-state index in [1.54, 1.807) is 12.1 Å². The fourth-order valence-electron chi connectivity index (χ4n) is 1.63. The Morgan fingerprint density at radius 2 is 2.33 bits per heavy atom. The van der Waals surface area contributed by atoms with Gasteiger partial charge in [0.25, 0.3) is 0 Å². The third kappa shape index (κ3) is 1.78. The first kappa shape index (κ1) is 9.92. The Balaban J connectivity index is 2.33. The van der Waals surface area contributed by atoms with Crippen LogP contribution in [0.5, 0.6) is 5.75 Å². The summed E-state index contributed by atoms with van der Waals surface area (Å²) in [4.78, 5) is 10.2. The van der Waals surface area contributed by atoms with Crippen LogP contribution in [-0.2, 0) is 0 Å². The molecule has 1 N–H and O–H groups in total. The van der Waals surface area contributed by atoms with Crippen molar-refractivity contribution < 1.29 is 9.66 Å². The third-order valence-corrected chi connectivity index (χ3v) is 2.63. The van der Waals surface area contributed by atoms with Crippen molar-refractivity contribution >= 4 is 5.69 Å². The largest absolute Gasteiger partial charge is 0.490 e. The Kier molecular flexibility index (Phi) is 2.55. The summed E-state index contributed by atoms with van der Waals surface area (Å²) in [7, 11) is 1.44. The molecule has 0 bridgehead atoms. The standard InChI is InChI=1S/C10H12N2O3/c1-15-10-6-7(8-4-5-11-8)2-3-9(10)12(13)14/h2-3,6,8,11H,4-5H2,1H3. The van der Waals surface area contributed by atoms with Gasteiger partial charge in [-0.2, -0.15) is 0 Å². The number of benzene rings is 1. The van der Waals surface area contributed by atoms with Crippen LogP contribution in [0.2, 0.25) is 0 Å². The summed E-state index contributed by atoms with van der Waals surface area (Å²) < 4.78 is 5.00. The fourth-order valence-corrected chi connectivity index (χ4v) is 1.63. The number of nitrogens with one attached hydrogen (secondary N) is 1. The SMILES string of the molecule is COc1cc(C2CCN2)ccc1[N+](=O)[O-]. The lowest BCUT2D eigenvalue weighted by Gasteiger charge is -2.28. The van der Waals surface area contributed by atoms with Crippen LogP contribution in [0.4, 0.5) is 5.69 Å². The monoisotopic (exact) mass is 208 g/mol. The van der Waals surface area contributed by atoms with Crippen LogP contribution >= 0.6 is 0 Å². The molecule has 1 aliphatic heterocycles. The summed E-state index contributed by atoms with van der Waals surface area (Å²) in [6.07, 6.45) is 1.07. The summed E-state index contributed by atoms with van der Waals surface area (Å²) in [5, 5.41) is 13.9. The van der Waals surface area contributed by atoms with Crippen molar-refractivity contribution in [3.63, 3.8) is 0 Å². The summed E-state index contributed by atoms with van der Waals surface area (Å²) in [5.74, 6) is 0.325. The zero-order valence-corrected chi connectivity index (χ0v) is 8.40.